The van der Waals surface area contributed by atoms with Crippen LogP contribution in [-0.2, 0) is 4.79 Å². The minimum atomic E-state index is -5.08. The molecule has 168 valence electrons. The molecule has 3 aromatic rings. The SMILES string of the molecule is O=C(O)C(F)(F)F.O=C(O)c1ccc(Nc2ncc(F)c(Nc3ccc(F)cc3)n2)cc1. The Morgan fingerprint density at radius 2 is 1.34 bits per heavy atom. The lowest BCUT2D eigenvalue weighted by molar-refractivity contribution is -0.192. The molecule has 0 aliphatic rings. The number of halogens is 5. The number of anilines is 4. The van der Waals surface area contributed by atoms with Crippen LogP contribution < -0.4 is 10.6 Å². The smallest absolute Gasteiger partial charge is 0.478 e. The van der Waals surface area contributed by atoms with Crippen molar-refractivity contribution in [1.82, 2.24) is 9.97 Å². The van der Waals surface area contributed by atoms with Crippen molar-refractivity contribution in [1.29, 1.82) is 0 Å². The molecule has 0 fully saturated rings. The van der Waals surface area contributed by atoms with E-state index in [4.69, 9.17) is 15.0 Å². The highest BCUT2D eigenvalue weighted by atomic mass is 19.4. The quantitative estimate of drug-likeness (QED) is 0.412. The maximum atomic E-state index is 13.9. The molecule has 0 atom stereocenters. The lowest BCUT2D eigenvalue weighted by Gasteiger charge is -2.09. The van der Waals surface area contributed by atoms with Gasteiger partial charge in [-0.2, -0.15) is 18.2 Å². The Morgan fingerprint density at radius 3 is 1.84 bits per heavy atom. The number of nitrogens with one attached hydrogen (secondary N) is 2. The van der Waals surface area contributed by atoms with Crippen molar-refractivity contribution >= 4 is 35.1 Å². The van der Waals surface area contributed by atoms with Gasteiger partial charge in [-0.05, 0) is 48.5 Å². The zero-order chi connectivity index (χ0) is 23.9. The highest BCUT2D eigenvalue weighted by Crippen LogP contribution is 2.21. The summed E-state index contributed by atoms with van der Waals surface area (Å²) in [6, 6.07) is 11.3. The summed E-state index contributed by atoms with van der Waals surface area (Å²) in [4.78, 5) is 27.6. The van der Waals surface area contributed by atoms with Crippen molar-refractivity contribution in [2.75, 3.05) is 10.6 Å². The molecule has 0 amide bonds. The number of carboxylic acids is 2. The number of hydrogen-bond acceptors (Lipinski definition) is 6. The average Bonchev–Trinajstić information content (AvgIpc) is 2.72. The molecule has 3 rings (SSSR count). The van der Waals surface area contributed by atoms with Gasteiger partial charge in [0, 0.05) is 11.4 Å². The first-order valence-corrected chi connectivity index (χ1v) is 8.41. The van der Waals surface area contributed by atoms with Crippen molar-refractivity contribution in [2.24, 2.45) is 0 Å². The molecule has 0 radical (unpaired) electrons. The van der Waals surface area contributed by atoms with Gasteiger partial charge in [-0.1, -0.05) is 0 Å². The van der Waals surface area contributed by atoms with Crippen LogP contribution >= 0.6 is 0 Å². The van der Waals surface area contributed by atoms with E-state index < -0.39 is 29.7 Å². The first-order valence-electron chi connectivity index (χ1n) is 8.41. The number of hydrogen-bond donors (Lipinski definition) is 4. The Balaban J connectivity index is 0.000000451. The average molecular weight is 456 g/mol. The van der Waals surface area contributed by atoms with Gasteiger partial charge in [0.05, 0.1) is 11.8 Å². The summed E-state index contributed by atoms with van der Waals surface area (Å²) in [5, 5.41) is 21.6. The summed E-state index contributed by atoms with van der Waals surface area (Å²) >= 11 is 0. The van der Waals surface area contributed by atoms with Crippen molar-refractivity contribution in [3.05, 3.63) is 71.9 Å². The number of benzene rings is 2. The van der Waals surface area contributed by atoms with E-state index in [0.29, 0.717) is 11.4 Å². The second-order valence-electron chi connectivity index (χ2n) is 5.83. The van der Waals surface area contributed by atoms with Crippen molar-refractivity contribution in [3.63, 3.8) is 0 Å². The minimum Gasteiger partial charge on any atom is -0.478 e. The van der Waals surface area contributed by atoms with Crippen LogP contribution in [0.1, 0.15) is 10.4 Å². The molecule has 32 heavy (non-hydrogen) atoms. The lowest BCUT2D eigenvalue weighted by Crippen LogP contribution is -2.21. The zero-order valence-corrected chi connectivity index (χ0v) is 15.7. The summed E-state index contributed by atoms with van der Waals surface area (Å²) in [5.74, 6) is -4.82. The Labute approximate surface area is 176 Å². The summed E-state index contributed by atoms with van der Waals surface area (Å²) in [7, 11) is 0. The third-order valence-electron chi connectivity index (χ3n) is 3.48. The normalized spacial score (nSPS) is 10.5. The van der Waals surface area contributed by atoms with E-state index in [2.05, 4.69) is 20.6 Å². The highest BCUT2D eigenvalue weighted by Gasteiger charge is 2.38. The Hall–Kier alpha value is -4.29. The first-order chi connectivity index (χ1) is 15.0. The first kappa shape index (κ1) is 24.0. The third-order valence-corrected chi connectivity index (χ3v) is 3.48. The van der Waals surface area contributed by atoms with Gasteiger partial charge in [-0.3, -0.25) is 0 Å². The predicted octanol–water partition coefficient (Wildman–Crippen LogP) is 4.57. The molecular formula is C19H13F5N4O4. The summed E-state index contributed by atoms with van der Waals surface area (Å²) < 4.78 is 58.5. The fourth-order valence-corrected chi connectivity index (χ4v) is 2.01. The standard InChI is InChI=1S/C17H12F2N4O2.C2HF3O2/c18-11-3-7-12(8-4-11)21-15-14(19)9-20-17(23-15)22-13-5-1-10(2-6-13)16(24)25;3-2(4,5)1(6)7/h1-9H,(H,24,25)(H2,20,21,22,23);(H,6,7). The number of aromatic carboxylic acids is 1. The molecule has 8 nitrogen and oxygen atoms in total. The van der Waals surface area contributed by atoms with Gasteiger partial charge in [0.25, 0.3) is 0 Å². The third kappa shape index (κ3) is 7.19. The van der Waals surface area contributed by atoms with Crippen molar-refractivity contribution < 1.29 is 41.8 Å². The number of aromatic nitrogens is 2. The molecule has 0 bridgehead atoms. The van der Waals surface area contributed by atoms with Crippen molar-refractivity contribution in [2.45, 2.75) is 6.18 Å². The zero-order valence-electron chi connectivity index (χ0n) is 15.7. The molecule has 0 unspecified atom stereocenters. The molecule has 1 heterocycles. The second-order valence-corrected chi connectivity index (χ2v) is 5.83. The maximum absolute atomic E-state index is 13.9. The topological polar surface area (TPSA) is 124 Å². The molecule has 0 aliphatic carbocycles. The van der Waals surface area contributed by atoms with Crippen LogP contribution in [-0.4, -0.2) is 38.3 Å². The summed E-state index contributed by atoms with van der Waals surface area (Å²) in [6.45, 7) is 0. The maximum Gasteiger partial charge on any atom is 0.490 e. The molecule has 0 spiro atoms. The molecular weight excluding hydrogens is 443 g/mol. The van der Waals surface area contributed by atoms with Gasteiger partial charge >= 0.3 is 18.1 Å². The van der Waals surface area contributed by atoms with Crippen LogP contribution in [0.5, 0.6) is 0 Å². The van der Waals surface area contributed by atoms with Gasteiger partial charge in [0.2, 0.25) is 5.95 Å². The van der Waals surface area contributed by atoms with Crippen LogP contribution in [0.15, 0.2) is 54.7 Å². The van der Waals surface area contributed by atoms with E-state index in [1.165, 1.54) is 36.4 Å². The molecule has 0 aliphatic heterocycles. The molecule has 13 heteroatoms. The van der Waals surface area contributed by atoms with E-state index in [0.717, 1.165) is 6.20 Å². The molecule has 4 N–H and O–H groups in total. The van der Waals surface area contributed by atoms with Crippen LogP contribution in [0, 0.1) is 11.6 Å². The summed E-state index contributed by atoms with van der Waals surface area (Å²) in [6.07, 6.45) is -4.09. The highest BCUT2D eigenvalue weighted by molar-refractivity contribution is 5.88. The van der Waals surface area contributed by atoms with Crippen molar-refractivity contribution in [3.8, 4) is 0 Å². The van der Waals surface area contributed by atoms with Gasteiger partial charge in [0.15, 0.2) is 11.6 Å². The van der Waals surface area contributed by atoms with Crippen LogP contribution in [0.4, 0.5) is 45.1 Å². The Morgan fingerprint density at radius 1 is 0.844 bits per heavy atom. The number of rotatable bonds is 5. The Bertz CT molecular complexity index is 1090. The van der Waals surface area contributed by atoms with E-state index in [1.807, 2.05) is 0 Å². The molecule has 2 aromatic carbocycles. The van der Waals surface area contributed by atoms with Crippen LogP contribution in [0.3, 0.4) is 0 Å². The number of nitrogens with zero attached hydrogens (tertiary/aromatic N) is 2. The minimum absolute atomic E-state index is 0.0775. The van der Waals surface area contributed by atoms with Crippen LogP contribution in [0.25, 0.3) is 0 Å². The summed E-state index contributed by atoms with van der Waals surface area (Å²) in [5.41, 5.74) is 1.16. The second kappa shape index (κ2) is 10.1. The number of carboxylic acid groups (broad SMARTS) is 2. The van der Waals surface area contributed by atoms with Gasteiger partial charge in [-0.25, -0.2) is 23.4 Å². The number of aliphatic carboxylic acids is 1. The predicted molar refractivity (Wildman–Crippen MR) is 102 cm³/mol. The number of carbonyl (C=O) groups is 2. The molecule has 1 aromatic heterocycles. The van der Waals surface area contributed by atoms with E-state index in [-0.39, 0.29) is 17.3 Å². The molecule has 0 saturated carbocycles. The van der Waals surface area contributed by atoms with E-state index >= 15 is 0 Å². The fraction of sp³-hybridized carbons (Fsp3) is 0.0526. The monoisotopic (exact) mass is 456 g/mol. The largest absolute Gasteiger partial charge is 0.490 e. The number of alkyl halides is 3. The molecule has 0 saturated heterocycles. The fourth-order valence-electron chi connectivity index (χ4n) is 2.01. The van der Waals surface area contributed by atoms with E-state index in [1.54, 1.807) is 12.1 Å². The van der Waals surface area contributed by atoms with E-state index in [9.17, 15) is 26.7 Å². The van der Waals surface area contributed by atoms with Gasteiger partial charge in [-0.15, -0.1) is 0 Å². The Kier molecular flexibility index (Phi) is 7.61. The van der Waals surface area contributed by atoms with Gasteiger partial charge < -0.3 is 20.8 Å². The lowest BCUT2D eigenvalue weighted by atomic mass is 10.2. The van der Waals surface area contributed by atoms with Crippen LogP contribution in [0.2, 0.25) is 0 Å². The van der Waals surface area contributed by atoms with Gasteiger partial charge in [0.1, 0.15) is 5.82 Å².